The van der Waals surface area contributed by atoms with Crippen LogP contribution in [0.3, 0.4) is 0 Å². The number of hydrogen-bond donors (Lipinski definition) is 1. The molecule has 1 fully saturated rings. The standard InChI is InChI=1S/C28H32N2O5S/c1-2-34-23-17-19-25(20-18-23)36(32,33)30(22-11-5-3-6-12-22)21-28(31)29-26-15-9-10-16-27(26)35-24-13-7-4-8-14-24/h4,7-10,13-20,22H,2-3,5-6,11-12,21H2,1H3,(H,29,31). The van der Waals surface area contributed by atoms with Gasteiger partial charge in [-0.2, -0.15) is 4.31 Å². The molecule has 8 heteroatoms. The normalized spacial score (nSPS) is 14.4. The Morgan fingerprint density at radius 2 is 1.56 bits per heavy atom. The van der Waals surface area contributed by atoms with Crippen molar-refractivity contribution in [3.8, 4) is 17.2 Å². The van der Waals surface area contributed by atoms with E-state index >= 15 is 0 Å². The molecule has 3 aromatic rings. The second-order valence-corrected chi connectivity index (χ2v) is 10.6. The van der Waals surface area contributed by atoms with E-state index in [1.165, 1.54) is 16.4 Å². The number of ether oxygens (including phenoxy) is 2. The fourth-order valence-electron chi connectivity index (χ4n) is 4.39. The average molecular weight is 509 g/mol. The highest BCUT2D eigenvalue weighted by Crippen LogP contribution is 2.31. The molecule has 190 valence electrons. The minimum Gasteiger partial charge on any atom is -0.494 e. The molecule has 0 aromatic heterocycles. The third-order valence-electron chi connectivity index (χ3n) is 6.15. The molecule has 36 heavy (non-hydrogen) atoms. The zero-order chi connectivity index (χ0) is 25.4. The predicted molar refractivity (Wildman–Crippen MR) is 140 cm³/mol. The van der Waals surface area contributed by atoms with Crippen LogP contribution >= 0.6 is 0 Å². The van der Waals surface area contributed by atoms with E-state index < -0.39 is 15.9 Å². The number of hydrogen-bond acceptors (Lipinski definition) is 5. The summed E-state index contributed by atoms with van der Waals surface area (Å²) in [5.74, 6) is 1.31. The Morgan fingerprint density at radius 3 is 2.25 bits per heavy atom. The highest BCUT2D eigenvalue weighted by Gasteiger charge is 2.34. The van der Waals surface area contributed by atoms with Crippen molar-refractivity contribution < 1.29 is 22.7 Å². The van der Waals surface area contributed by atoms with E-state index in [9.17, 15) is 13.2 Å². The second kappa shape index (κ2) is 12.1. The third-order valence-corrected chi connectivity index (χ3v) is 8.07. The van der Waals surface area contributed by atoms with Crippen molar-refractivity contribution in [3.05, 3.63) is 78.9 Å². The molecule has 0 aliphatic heterocycles. The quantitative estimate of drug-likeness (QED) is 0.372. The van der Waals surface area contributed by atoms with Gasteiger partial charge in [0.25, 0.3) is 0 Å². The molecule has 1 aliphatic rings. The molecule has 0 spiro atoms. The number of nitrogens with zero attached hydrogens (tertiary/aromatic N) is 1. The summed E-state index contributed by atoms with van der Waals surface area (Å²) >= 11 is 0. The van der Waals surface area contributed by atoms with Gasteiger partial charge in [-0.3, -0.25) is 4.79 Å². The summed E-state index contributed by atoms with van der Waals surface area (Å²) < 4.78 is 40.1. The first-order chi connectivity index (χ1) is 17.5. The highest BCUT2D eigenvalue weighted by molar-refractivity contribution is 7.89. The van der Waals surface area contributed by atoms with Crippen LogP contribution in [0.5, 0.6) is 17.2 Å². The van der Waals surface area contributed by atoms with Crippen LogP contribution in [0.25, 0.3) is 0 Å². The van der Waals surface area contributed by atoms with Crippen LogP contribution in [-0.2, 0) is 14.8 Å². The lowest BCUT2D eigenvalue weighted by atomic mass is 9.95. The minimum atomic E-state index is -3.89. The number of anilines is 1. The van der Waals surface area contributed by atoms with Crippen LogP contribution in [0.2, 0.25) is 0 Å². The number of para-hydroxylation sites is 3. The lowest BCUT2D eigenvalue weighted by Gasteiger charge is -2.33. The molecule has 1 amide bonds. The molecule has 0 unspecified atom stereocenters. The first-order valence-electron chi connectivity index (χ1n) is 12.3. The molecule has 0 heterocycles. The van der Waals surface area contributed by atoms with Crippen LogP contribution < -0.4 is 14.8 Å². The summed E-state index contributed by atoms with van der Waals surface area (Å²) in [5, 5.41) is 2.86. The van der Waals surface area contributed by atoms with Gasteiger partial charge < -0.3 is 14.8 Å². The van der Waals surface area contributed by atoms with Gasteiger partial charge in [-0.1, -0.05) is 49.6 Å². The Bertz CT molecular complexity index is 1240. The summed E-state index contributed by atoms with van der Waals surface area (Å²) in [4.78, 5) is 13.3. The van der Waals surface area contributed by atoms with Gasteiger partial charge in [0.05, 0.1) is 23.7 Å². The third kappa shape index (κ3) is 6.44. The largest absolute Gasteiger partial charge is 0.494 e. The Balaban J connectivity index is 1.54. The summed E-state index contributed by atoms with van der Waals surface area (Å²) in [6, 6.07) is 22.5. The molecule has 0 bridgehead atoms. The van der Waals surface area contributed by atoms with Gasteiger partial charge in [0.2, 0.25) is 15.9 Å². The zero-order valence-corrected chi connectivity index (χ0v) is 21.2. The lowest BCUT2D eigenvalue weighted by molar-refractivity contribution is -0.116. The number of sulfonamides is 1. The molecule has 1 saturated carbocycles. The van der Waals surface area contributed by atoms with Crippen LogP contribution in [0.1, 0.15) is 39.0 Å². The Morgan fingerprint density at radius 1 is 0.889 bits per heavy atom. The molecule has 0 atom stereocenters. The molecular formula is C28H32N2O5S. The van der Waals surface area contributed by atoms with E-state index in [1.54, 1.807) is 30.3 Å². The minimum absolute atomic E-state index is 0.150. The lowest BCUT2D eigenvalue weighted by Crippen LogP contribution is -2.45. The van der Waals surface area contributed by atoms with E-state index in [4.69, 9.17) is 9.47 Å². The van der Waals surface area contributed by atoms with Crippen LogP contribution in [-0.4, -0.2) is 37.8 Å². The molecule has 4 rings (SSSR count). The van der Waals surface area contributed by atoms with Crippen LogP contribution in [0.15, 0.2) is 83.8 Å². The Labute approximate surface area is 213 Å². The van der Waals surface area contributed by atoms with Gasteiger partial charge in [0.1, 0.15) is 11.5 Å². The van der Waals surface area contributed by atoms with Crippen molar-refractivity contribution in [2.24, 2.45) is 0 Å². The van der Waals surface area contributed by atoms with Crippen molar-refractivity contribution in [2.45, 2.75) is 50.0 Å². The van der Waals surface area contributed by atoms with Gasteiger partial charge in [-0.25, -0.2) is 8.42 Å². The number of carbonyl (C=O) groups is 1. The summed E-state index contributed by atoms with van der Waals surface area (Å²) in [6.07, 6.45) is 4.42. The topological polar surface area (TPSA) is 84.9 Å². The molecule has 0 radical (unpaired) electrons. The zero-order valence-electron chi connectivity index (χ0n) is 20.4. The Kier molecular flexibility index (Phi) is 8.61. The first-order valence-corrected chi connectivity index (χ1v) is 13.8. The number of benzene rings is 3. The first kappa shape index (κ1) is 25.7. The number of amides is 1. The maximum absolute atomic E-state index is 13.7. The van der Waals surface area contributed by atoms with E-state index in [-0.39, 0.29) is 17.5 Å². The highest BCUT2D eigenvalue weighted by atomic mass is 32.2. The van der Waals surface area contributed by atoms with Gasteiger partial charge in [-0.05, 0) is 68.3 Å². The van der Waals surface area contributed by atoms with E-state index in [0.29, 0.717) is 29.5 Å². The van der Waals surface area contributed by atoms with Gasteiger partial charge >= 0.3 is 0 Å². The van der Waals surface area contributed by atoms with Gasteiger partial charge in [-0.15, -0.1) is 0 Å². The number of rotatable bonds is 10. The van der Waals surface area contributed by atoms with E-state index in [0.717, 1.165) is 32.1 Å². The summed E-state index contributed by atoms with van der Waals surface area (Å²) in [5.41, 5.74) is 0.480. The second-order valence-electron chi connectivity index (χ2n) is 8.71. The monoisotopic (exact) mass is 508 g/mol. The maximum atomic E-state index is 13.7. The van der Waals surface area contributed by atoms with Gasteiger partial charge in [0.15, 0.2) is 5.75 Å². The average Bonchev–Trinajstić information content (AvgIpc) is 2.90. The van der Waals surface area contributed by atoms with Crippen molar-refractivity contribution >= 4 is 21.6 Å². The molecule has 3 aromatic carbocycles. The SMILES string of the molecule is CCOc1ccc(S(=O)(=O)N(CC(=O)Nc2ccccc2Oc2ccccc2)C2CCCCC2)cc1. The predicted octanol–water partition coefficient (Wildman–Crippen LogP) is 5.84. The molecule has 0 saturated heterocycles. The van der Waals surface area contributed by atoms with Gasteiger partial charge in [0, 0.05) is 6.04 Å². The molecule has 7 nitrogen and oxygen atoms in total. The van der Waals surface area contributed by atoms with Crippen LogP contribution in [0.4, 0.5) is 5.69 Å². The van der Waals surface area contributed by atoms with E-state index in [1.807, 2.05) is 43.3 Å². The van der Waals surface area contributed by atoms with Crippen molar-refractivity contribution in [3.63, 3.8) is 0 Å². The summed E-state index contributed by atoms with van der Waals surface area (Å²) in [7, 11) is -3.89. The molecular weight excluding hydrogens is 476 g/mol. The smallest absolute Gasteiger partial charge is 0.243 e. The number of carbonyl (C=O) groups excluding carboxylic acids is 1. The van der Waals surface area contributed by atoms with Crippen molar-refractivity contribution in [2.75, 3.05) is 18.5 Å². The van der Waals surface area contributed by atoms with E-state index in [2.05, 4.69) is 5.32 Å². The fourth-order valence-corrected chi connectivity index (χ4v) is 6.04. The van der Waals surface area contributed by atoms with Crippen molar-refractivity contribution in [1.29, 1.82) is 0 Å². The number of nitrogens with one attached hydrogen (secondary N) is 1. The maximum Gasteiger partial charge on any atom is 0.243 e. The Hall–Kier alpha value is -3.36. The fraction of sp³-hybridized carbons (Fsp3) is 0.321. The van der Waals surface area contributed by atoms with Crippen LogP contribution in [0, 0.1) is 0 Å². The summed E-state index contributed by atoms with van der Waals surface area (Å²) in [6.45, 7) is 2.09. The van der Waals surface area contributed by atoms with Crippen molar-refractivity contribution in [1.82, 2.24) is 4.31 Å². The molecule has 1 aliphatic carbocycles. The molecule has 1 N–H and O–H groups in total.